The summed E-state index contributed by atoms with van der Waals surface area (Å²) in [7, 11) is 0. The van der Waals surface area contributed by atoms with Crippen molar-refractivity contribution in [1.82, 2.24) is 0 Å². The van der Waals surface area contributed by atoms with E-state index in [2.05, 4.69) is 0 Å². The van der Waals surface area contributed by atoms with Crippen molar-refractivity contribution in [2.75, 3.05) is 0 Å². The number of benzene rings is 1. The summed E-state index contributed by atoms with van der Waals surface area (Å²) in [5.74, 6) is 0. The van der Waals surface area contributed by atoms with Gasteiger partial charge in [-0.2, -0.15) is 13.2 Å². The monoisotopic (exact) mass is 204 g/mol. The largest absolute Gasteiger partial charge is 0.416 e. The van der Waals surface area contributed by atoms with Crippen LogP contribution in [0.3, 0.4) is 0 Å². The third kappa shape index (κ3) is 2.26. The van der Waals surface area contributed by atoms with Crippen LogP contribution in [0, 0.1) is 0 Å². The first-order chi connectivity index (χ1) is 6.46. The highest BCUT2D eigenvalue weighted by molar-refractivity contribution is 5.31. The number of rotatable bonds is 2. The van der Waals surface area contributed by atoms with Crippen LogP contribution in [0.25, 0.3) is 0 Å². The van der Waals surface area contributed by atoms with E-state index in [4.69, 9.17) is 0 Å². The summed E-state index contributed by atoms with van der Waals surface area (Å²) >= 11 is 0. The molecular formula is C10H11F3O. The molecule has 1 atom stereocenters. The predicted molar refractivity (Wildman–Crippen MR) is 46.7 cm³/mol. The Balaban J connectivity index is 3.16. The molecule has 1 aromatic rings. The lowest BCUT2D eigenvalue weighted by Crippen LogP contribution is -2.11. The van der Waals surface area contributed by atoms with Crippen LogP contribution in [0.5, 0.6) is 0 Å². The second-order valence-electron chi connectivity index (χ2n) is 3.01. The highest BCUT2D eigenvalue weighted by Gasteiger charge is 2.34. The van der Waals surface area contributed by atoms with E-state index in [-0.39, 0.29) is 12.0 Å². The SMILES string of the molecule is CCC(O)c1ccccc1C(F)(F)F. The van der Waals surface area contributed by atoms with Crippen molar-refractivity contribution in [3.05, 3.63) is 35.4 Å². The Hall–Kier alpha value is -1.03. The molecule has 1 aromatic carbocycles. The number of halogens is 3. The van der Waals surface area contributed by atoms with E-state index in [1.807, 2.05) is 0 Å². The number of alkyl halides is 3. The molecule has 0 saturated heterocycles. The summed E-state index contributed by atoms with van der Waals surface area (Å²) < 4.78 is 37.3. The van der Waals surface area contributed by atoms with Gasteiger partial charge in [-0.25, -0.2) is 0 Å². The average Bonchev–Trinajstić information content (AvgIpc) is 2.15. The van der Waals surface area contributed by atoms with E-state index >= 15 is 0 Å². The Morgan fingerprint density at radius 3 is 2.36 bits per heavy atom. The van der Waals surface area contributed by atoms with E-state index < -0.39 is 17.8 Å². The van der Waals surface area contributed by atoms with Crippen molar-refractivity contribution in [3.8, 4) is 0 Å². The van der Waals surface area contributed by atoms with Gasteiger partial charge in [0.15, 0.2) is 0 Å². The quantitative estimate of drug-likeness (QED) is 0.784. The first-order valence-corrected chi connectivity index (χ1v) is 4.31. The van der Waals surface area contributed by atoms with Gasteiger partial charge in [0, 0.05) is 0 Å². The Morgan fingerprint density at radius 1 is 1.29 bits per heavy atom. The Labute approximate surface area is 80.2 Å². The van der Waals surface area contributed by atoms with Crippen LogP contribution in [0.1, 0.15) is 30.6 Å². The minimum Gasteiger partial charge on any atom is -0.388 e. The van der Waals surface area contributed by atoms with Gasteiger partial charge in [0.2, 0.25) is 0 Å². The maximum atomic E-state index is 12.4. The molecule has 0 saturated carbocycles. The molecule has 1 N–H and O–H groups in total. The summed E-state index contributed by atoms with van der Waals surface area (Å²) in [5, 5.41) is 9.37. The van der Waals surface area contributed by atoms with Gasteiger partial charge in [-0.3, -0.25) is 0 Å². The fraction of sp³-hybridized carbons (Fsp3) is 0.400. The standard InChI is InChI=1S/C10H11F3O/c1-2-9(14)7-5-3-4-6-8(7)10(11,12)13/h3-6,9,14H,2H2,1H3. The topological polar surface area (TPSA) is 20.2 Å². The maximum absolute atomic E-state index is 12.4. The van der Waals surface area contributed by atoms with Crippen LogP contribution < -0.4 is 0 Å². The van der Waals surface area contributed by atoms with E-state index in [0.717, 1.165) is 6.07 Å². The fourth-order valence-corrected chi connectivity index (χ4v) is 1.27. The first-order valence-electron chi connectivity index (χ1n) is 4.31. The van der Waals surface area contributed by atoms with Crippen LogP contribution >= 0.6 is 0 Å². The van der Waals surface area contributed by atoms with Crippen LogP contribution in [0.4, 0.5) is 13.2 Å². The number of hydrogen-bond acceptors (Lipinski definition) is 1. The van der Waals surface area contributed by atoms with E-state index in [9.17, 15) is 18.3 Å². The zero-order valence-electron chi connectivity index (χ0n) is 7.67. The zero-order valence-corrected chi connectivity index (χ0v) is 7.67. The van der Waals surface area contributed by atoms with Crippen molar-refractivity contribution in [1.29, 1.82) is 0 Å². The molecule has 4 heteroatoms. The van der Waals surface area contributed by atoms with Gasteiger partial charge in [-0.05, 0) is 18.1 Å². The molecule has 0 spiro atoms. The van der Waals surface area contributed by atoms with Gasteiger partial charge in [0.05, 0.1) is 11.7 Å². The van der Waals surface area contributed by atoms with Crippen LogP contribution in [-0.2, 0) is 6.18 Å². The number of aliphatic hydroxyl groups excluding tert-OH is 1. The van der Waals surface area contributed by atoms with Gasteiger partial charge < -0.3 is 5.11 Å². The summed E-state index contributed by atoms with van der Waals surface area (Å²) in [6.45, 7) is 1.64. The molecule has 0 bridgehead atoms. The minimum atomic E-state index is -4.40. The van der Waals surface area contributed by atoms with E-state index in [1.165, 1.54) is 18.2 Å². The second kappa shape index (κ2) is 4.00. The van der Waals surface area contributed by atoms with Crippen molar-refractivity contribution in [2.24, 2.45) is 0 Å². The van der Waals surface area contributed by atoms with Gasteiger partial charge in [-0.1, -0.05) is 25.1 Å². The minimum absolute atomic E-state index is 0.0532. The second-order valence-corrected chi connectivity index (χ2v) is 3.01. The lowest BCUT2D eigenvalue weighted by molar-refractivity contribution is -0.139. The molecule has 0 amide bonds. The molecule has 0 aliphatic rings. The summed E-state index contributed by atoms with van der Waals surface area (Å²) in [6, 6.07) is 5.09. The molecule has 0 aromatic heterocycles. The molecule has 1 unspecified atom stereocenters. The number of aliphatic hydroxyl groups is 1. The highest BCUT2D eigenvalue weighted by atomic mass is 19.4. The highest BCUT2D eigenvalue weighted by Crippen LogP contribution is 2.35. The normalized spacial score (nSPS) is 14.1. The molecule has 1 rings (SSSR count). The van der Waals surface area contributed by atoms with Gasteiger partial charge in [0.1, 0.15) is 0 Å². The van der Waals surface area contributed by atoms with Gasteiger partial charge >= 0.3 is 6.18 Å². The molecule has 1 nitrogen and oxygen atoms in total. The smallest absolute Gasteiger partial charge is 0.388 e. The average molecular weight is 204 g/mol. The summed E-state index contributed by atoms with van der Waals surface area (Å²) in [4.78, 5) is 0. The summed E-state index contributed by atoms with van der Waals surface area (Å²) in [6.07, 6.45) is -5.17. The molecule has 0 radical (unpaired) electrons. The predicted octanol–water partition coefficient (Wildman–Crippen LogP) is 3.15. The van der Waals surface area contributed by atoms with Crippen LogP contribution in [0.15, 0.2) is 24.3 Å². The zero-order chi connectivity index (χ0) is 10.8. The molecule has 0 fully saturated rings. The van der Waals surface area contributed by atoms with Gasteiger partial charge in [0.25, 0.3) is 0 Å². The Bertz CT molecular complexity index is 306. The lowest BCUT2D eigenvalue weighted by atomic mass is 10.0. The maximum Gasteiger partial charge on any atom is 0.416 e. The molecular weight excluding hydrogens is 193 g/mol. The Morgan fingerprint density at radius 2 is 1.86 bits per heavy atom. The van der Waals surface area contributed by atoms with Crippen molar-refractivity contribution >= 4 is 0 Å². The first kappa shape index (κ1) is 11.0. The van der Waals surface area contributed by atoms with Crippen molar-refractivity contribution < 1.29 is 18.3 Å². The lowest BCUT2D eigenvalue weighted by Gasteiger charge is -2.15. The molecule has 0 aliphatic heterocycles. The molecule has 78 valence electrons. The van der Waals surface area contributed by atoms with Crippen LogP contribution in [-0.4, -0.2) is 5.11 Å². The van der Waals surface area contributed by atoms with Crippen LogP contribution in [0.2, 0.25) is 0 Å². The molecule has 14 heavy (non-hydrogen) atoms. The van der Waals surface area contributed by atoms with E-state index in [0.29, 0.717) is 0 Å². The van der Waals surface area contributed by atoms with E-state index in [1.54, 1.807) is 6.92 Å². The van der Waals surface area contributed by atoms with Gasteiger partial charge in [-0.15, -0.1) is 0 Å². The van der Waals surface area contributed by atoms with Crippen molar-refractivity contribution in [2.45, 2.75) is 25.6 Å². The summed E-state index contributed by atoms with van der Waals surface area (Å²) in [5.41, 5.74) is -0.808. The fourth-order valence-electron chi connectivity index (χ4n) is 1.27. The Kier molecular flexibility index (Phi) is 3.16. The third-order valence-corrected chi connectivity index (χ3v) is 2.01. The third-order valence-electron chi connectivity index (χ3n) is 2.01. The van der Waals surface area contributed by atoms with Crippen molar-refractivity contribution in [3.63, 3.8) is 0 Å². The molecule has 0 heterocycles. The number of hydrogen-bond donors (Lipinski definition) is 1. The molecule has 0 aliphatic carbocycles.